The van der Waals surface area contributed by atoms with Crippen molar-refractivity contribution in [1.82, 2.24) is 4.98 Å². The summed E-state index contributed by atoms with van der Waals surface area (Å²) in [6, 6.07) is 3.70. The highest BCUT2D eigenvalue weighted by atomic mass is 16.5. The molecule has 0 saturated heterocycles. The fourth-order valence-electron chi connectivity index (χ4n) is 1.30. The minimum Gasteiger partial charge on any atom is -0.476 e. The zero-order chi connectivity index (χ0) is 12.8. The molecule has 0 fully saturated rings. The fourth-order valence-corrected chi connectivity index (χ4v) is 1.30. The zero-order valence-electron chi connectivity index (χ0n) is 11.2. The van der Waals surface area contributed by atoms with E-state index in [-0.39, 0.29) is 0 Å². The molecule has 96 valence electrons. The molecule has 0 aliphatic heterocycles. The van der Waals surface area contributed by atoms with Crippen molar-refractivity contribution in [3.63, 3.8) is 0 Å². The largest absolute Gasteiger partial charge is 0.476 e. The molecule has 1 aromatic rings. The lowest BCUT2D eigenvalue weighted by atomic mass is 9.98. The Morgan fingerprint density at radius 3 is 2.65 bits per heavy atom. The van der Waals surface area contributed by atoms with Gasteiger partial charge in [0.15, 0.2) is 0 Å². The lowest BCUT2D eigenvalue weighted by Crippen LogP contribution is -2.17. The van der Waals surface area contributed by atoms with Gasteiger partial charge in [-0.3, -0.25) is 0 Å². The molecular weight excluding hydrogens is 214 g/mol. The molecule has 17 heavy (non-hydrogen) atoms. The van der Waals surface area contributed by atoms with Crippen LogP contribution < -0.4 is 15.8 Å². The van der Waals surface area contributed by atoms with Crippen LogP contribution in [-0.4, -0.2) is 18.1 Å². The number of rotatable bonds is 6. The number of nitrogens with two attached hydrogens (primary N) is 1. The monoisotopic (exact) mass is 237 g/mol. The Labute approximate surface area is 104 Å². The number of pyridine rings is 1. The van der Waals surface area contributed by atoms with Gasteiger partial charge >= 0.3 is 0 Å². The molecule has 0 aliphatic rings. The molecule has 3 N–H and O–H groups in total. The summed E-state index contributed by atoms with van der Waals surface area (Å²) in [5.74, 6) is 2.58. The fraction of sp³-hybridized carbons (Fsp3) is 0.615. The number of anilines is 2. The summed E-state index contributed by atoms with van der Waals surface area (Å²) in [5, 5.41) is 3.31. The van der Waals surface area contributed by atoms with Crippen LogP contribution in [0.4, 0.5) is 11.5 Å². The van der Waals surface area contributed by atoms with E-state index in [0.717, 1.165) is 12.4 Å². The first kappa shape index (κ1) is 13.6. The summed E-state index contributed by atoms with van der Waals surface area (Å²) in [5.41, 5.74) is 6.34. The summed E-state index contributed by atoms with van der Waals surface area (Å²) in [4.78, 5) is 4.33. The molecule has 0 bridgehead atoms. The van der Waals surface area contributed by atoms with E-state index in [1.54, 1.807) is 0 Å². The van der Waals surface area contributed by atoms with E-state index in [1.807, 2.05) is 19.1 Å². The van der Waals surface area contributed by atoms with E-state index in [2.05, 4.69) is 31.1 Å². The third-order valence-corrected chi connectivity index (χ3v) is 2.91. The molecule has 0 saturated carbocycles. The minimum atomic E-state index is 0.509. The average molecular weight is 237 g/mol. The van der Waals surface area contributed by atoms with Crippen molar-refractivity contribution >= 4 is 11.5 Å². The van der Waals surface area contributed by atoms with Crippen LogP contribution >= 0.6 is 0 Å². The van der Waals surface area contributed by atoms with E-state index >= 15 is 0 Å². The molecule has 0 aromatic carbocycles. The lowest BCUT2D eigenvalue weighted by molar-refractivity contribution is 0.329. The van der Waals surface area contributed by atoms with Crippen LogP contribution in [0.3, 0.4) is 0 Å². The van der Waals surface area contributed by atoms with Gasteiger partial charge in [0, 0.05) is 6.54 Å². The maximum Gasteiger partial charge on any atom is 0.239 e. The van der Waals surface area contributed by atoms with Gasteiger partial charge in [-0.25, -0.2) is 0 Å². The van der Waals surface area contributed by atoms with Crippen molar-refractivity contribution in [2.45, 2.75) is 27.7 Å². The summed E-state index contributed by atoms with van der Waals surface area (Å²) < 4.78 is 5.36. The topological polar surface area (TPSA) is 60.2 Å². The Morgan fingerprint density at radius 1 is 1.35 bits per heavy atom. The van der Waals surface area contributed by atoms with E-state index in [4.69, 9.17) is 10.5 Å². The number of ether oxygens (including phenoxy) is 1. The highest BCUT2D eigenvalue weighted by Gasteiger charge is 2.08. The predicted molar refractivity (Wildman–Crippen MR) is 72.3 cm³/mol. The third kappa shape index (κ3) is 4.13. The second-order valence-electron chi connectivity index (χ2n) is 4.63. The van der Waals surface area contributed by atoms with Crippen molar-refractivity contribution in [3.05, 3.63) is 12.1 Å². The first-order valence-corrected chi connectivity index (χ1v) is 6.17. The van der Waals surface area contributed by atoms with Crippen LogP contribution in [0.15, 0.2) is 12.1 Å². The molecule has 0 radical (unpaired) electrons. The van der Waals surface area contributed by atoms with Crippen LogP contribution in [0.2, 0.25) is 0 Å². The number of aromatic nitrogens is 1. The number of hydrogen-bond donors (Lipinski definition) is 2. The van der Waals surface area contributed by atoms with Gasteiger partial charge in [-0.05, 0) is 30.9 Å². The maximum absolute atomic E-state index is 5.76. The van der Waals surface area contributed by atoms with Crippen molar-refractivity contribution in [2.75, 3.05) is 24.2 Å². The van der Waals surface area contributed by atoms with Crippen LogP contribution in [0.1, 0.15) is 27.7 Å². The van der Waals surface area contributed by atoms with Crippen molar-refractivity contribution in [2.24, 2.45) is 11.8 Å². The molecule has 4 nitrogen and oxygen atoms in total. The summed E-state index contributed by atoms with van der Waals surface area (Å²) >= 11 is 0. The van der Waals surface area contributed by atoms with Crippen molar-refractivity contribution in [1.29, 1.82) is 0 Å². The van der Waals surface area contributed by atoms with E-state index in [0.29, 0.717) is 30.0 Å². The number of nitrogens with one attached hydrogen (secondary N) is 1. The van der Waals surface area contributed by atoms with Gasteiger partial charge in [-0.1, -0.05) is 20.8 Å². The molecule has 1 atom stereocenters. The molecule has 0 spiro atoms. The molecule has 1 aromatic heterocycles. The normalized spacial score (nSPS) is 12.5. The standard InChI is InChI=1S/C13H23N3O/c1-5-17-13-11(14)6-7-12(16-13)15-8-10(4)9(2)3/h6-7,9-10H,5,8,14H2,1-4H3,(H,15,16). The Hall–Kier alpha value is -1.45. The Bertz CT molecular complexity index is 353. The quantitative estimate of drug-likeness (QED) is 0.798. The smallest absolute Gasteiger partial charge is 0.239 e. The van der Waals surface area contributed by atoms with Crippen molar-refractivity contribution < 1.29 is 4.74 Å². The van der Waals surface area contributed by atoms with Crippen LogP contribution in [0.5, 0.6) is 5.88 Å². The number of hydrogen-bond acceptors (Lipinski definition) is 4. The molecule has 1 heterocycles. The molecule has 1 rings (SSSR count). The van der Waals surface area contributed by atoms with Gasteiger partial charge in [0.2, 0.25) is 5.88 Å². The first-order chi connectivity index (χ1) is 8.04. The predicted octanol–water partition coefficient (Wildman–Crippen LogP) is 2.77. The highest BCUT2D eigenvalue weighted by molar-refractivity contribution is 5.53. The lowest BCUT2D eigenvalue weighted by Gasteiger charge is -2.17. The molecule has 0 aliphatic carbocycles. The van der Waals surface area contributed by atoms with Gasteiger partial charge in [0.1, 0.15) is 5.82 Å². The number of nitrogens with zero attached hydrogens (tertiary/aromatic N) is 1. The van der Waals surface area contributed by atoms with E-state index in [9.17, 15) is 0 Å². The van der Waals surface area contributed by atoms with E-state index < -0.39 is 0 Å². The van der Waals surface area contributed by atoms with Gasteiger partial charge < -0.3 is 15.8 Å². The van der Waals surface area contributed by atoms with Crippen molar-refractivity contribution in [3.8, 4) is 5.88 Å². The third-order valence-electron chi connectivity index (χ3n) is 2.91. The van der Waals surface area contributed by atoms with E-state index in [1.165, 1.54) is 0 Å². The van der Waals surface area contributed by atoms with Crippen LogP contribution in [0, 0.1) is 11.8 Å². The first-order valence-electron chi connectivity index (χ1n) is 6.17. The van der Waals surface area contributed by atoms with Gasteiger partial charge in [-0.15, -0.1) is 0 Å². The minimum absolute atomic E-state index is 0.509. The second-order valence-corrected chi connectivity index (χ2v) is 4.63. The zero-order valence-corrected chi connectivity index (χ0v) is 11.2. The Morgan fingerprint density at radius 2 is 2.06 bits per heavy atom. The summed E-state index contributed by atoms with van der Waals surface area (Å²) in [6.07, 6.45) is 0. The summed E-state index contributed by atoms with van der Waals surface area (Å²) in [7, 11) is 0. The Kier molecular flexibility index (Phi) is 5.07. The highest BCUT2D eigenvalue weighted by Crippen LogP contribution is 2.21. The average Bonchev–Trinajstić information content (AvgIpc) is 2.29. The van der Waals surface area contributed by atoms with Gasteiger partial charge in [-0.2, -0.15) is 4.98 Å². The molecule has 0 amide bonds. The molecule has 4 heteroatoms. The Balaban J connectivity index is 2.62. The number of nitrogen functional groups attached to an aromatic ring is 1. The molecular formula is C13H23N3O. The molecule has 1 unspecified atom stereocenters. The van der Waals surface area contributed by atoms with Crippen LogP contribution in [0.25, 0.3) is 0 Å². The SMILES string of the molecule is CCOc1nc(NCC(C)C(C)C)ccc1N. The second kappa shape index (κ2) is 6.33. The van der Waals surface area contributed by atoms with Gasteiger partial charge in [0.05, 0.1) is 12.3 Å². The maximum atomic E-state index is 5.76. The van der Waals surface area contributed by atoms with Crippen LogP contribution in [-0.2, 0) is 0 Å². The summed E-state index contributed by atoms with van der Waals surface area (Å²) in [6.45, 7) is 10.0. The van der Waals surface area contributed by atoms with Gasteiger partial charge in [0.25, 0.3) is 0 Å².